The van der Waals surface area contributed by atoms with Crippen molar-refractivity contribution in [1.82, 2.24) is 4.98 Å². The number of nitrogens with zero attached hydrogens (tertiary/aromatic N) is 3. The molecule has 0 unspecified atom stereocenters. The molecular formula is C17H17N3O. The van der Waals surface area contributed by atoms with E-state index in [4.69, 9.17) is 9.73 Å². The van der Waals surface area contributed by atoms with Gasteiger partial charge in [-0.05, 0) is 36.9 Å². The molecule has 1 atom stereocenters. The van der Waals surface area contributed by atoms with E-state index in [0.29, 0.717) is 0 Å². The van der Waals surface area contributed by atoms with E-state index >= 15 is 0 Å². The minimum absolute atomic E-state index is 0.266. The van der Waals surface area contributed by atoms with E-state index in [0.717, 1.165) is 34.6 Å². The number of hydrogen-bond donors (Lipinski definition) is 0. The summed E-state index contributed by atoms with van der Waals surface area (Å²) in [5, 5.41) is 2.31. The van der Waals surface area contributed by atoms with E-state index in [1.165, 1.54) is 11.1 Å². The van der Waals surface area contributed by atoms with Crippen molar-refractivity contribution in [2.75, 3.05) is 12.0 Å². The van der Waals surface area contributed by atoms with Gasteiger partial charge in [-0.1, -0.05) is 6.92 Å². The highest BCUT2D eigenvalue weighted by atomic mass is 16.5. The van der Waals surface area contributed by atoms with Crippen molar-refractivity contribution in [2.45, 2.75) is 26.3 Å². The Morgan fingerprint density at radius 1 is 1.38 bits per heavy atom. The molecule has 106 valence electrons. The zero-order valence-electron chi connectivity index (χ0n) is 12.4. The minimum atomic E-state index is 0.266. The molecule has 0 radical (unpaired) electrons. The maximum absolute atomic E-state index is 5.58. The quantitative estimate of drug-likeness (QED) is 0.836. The molecule has 0 saturated carbocycles. The SMILES string of the molecule is CCC1=Nc2c(OC)cc3ccnc4c3c2N(C=C4)[C@@H]1C. The lowest BCUT2D eigenvalue weighted by Crippen LogP contribution is -2.38. The van der Waals surface area contributed by atoms with Crippen molar-refractivity contribution in [3.05, 3.63) is 30.2 Å². The van der Waals surface area contributed by atoms with Crippen LogP contribution in [0.3, 0.4) is 0 Å². The van der Waals surface area contributed by atoms with Crippen LogP contribution in [0.4, 0.5) is 11.4 Å². The highest BCUT2D eigenvalue weighted by Crippen LogP contribution is 2.49. The molecule has 4 heteroatoms. The lowest BCUT2D eigenvalue weighted by molar-refractivity contribution is 0.416. The summed E-state index contributed by atoms with van der Waals surface area (Å²) in [7, 11) is 1.70. The second-order valence-electron chi connectivity index (χ2n) is 5.43. The largest absolute Gasteiger partial charge is 0.494 e. The minimum Gasteiger partial charge on any atom is -0.494 e. The number of pyridine rings is 1. The molecule has 0 bridgehead atoms. The molecule has 0 fully saturated rings. The van der Waals surface area contributed by atoms with Gasteiger partial charge in [0, 0.05) is 23.5 Å². The number of methoxy groups -OCH3 is 1. The van der Waals surface area contributed by atoms with Crippen LogP contribution in [0.1, 0.15) is 26.0 Å². The van der Waals surface area contributed by atoms with E-state index in [-0.39, 0.29) is 6.04 Å². The van der Waals surface area contributed by atoms with Crippen molar-refractivity contribution in [1.29, 1.82) is 0 Å². The number of ether oxygens (including phenoxy) is 1. The Hall–Kier alpha value is -2.36. The van der Waals surface area contributed by atoms with Crippen molar-refractivity contribution in [3.63, 3.8) is 0 Å². The standard InChI is InChI=1S/C17H17N3O/c1-4-12-10(2)20-8-6-13-15-11(5-7-18-13)9-14(21-3)16(19-12)17(15)20/h5-10H,4H2,1-3H3/t10-/m1/s1. The zero-order valence-corrected chi connectivity index (χ0v) is 12.4. The fraction of sp³-hybridized carbons (Fsp3) is 0.294. The van der Waals surface area contributed by atoms with Crippen LogP contribution in [0.15, 0.2) is 29.5 Å². The van der Waals surface area contributed by atoms with E-state index < -0.39 is 0 Å². The van der Waals surface area contributed by atoms with Gasteiger partial charge < -0.3 is 9.64 Å². The van der Waals surface area contributed by atoms with Crippen LogP contribution in [0, 0.1) is 0 Å². The molecule has 0 saturated heterocycles. The summed E-state index contributed by atoms with van der Waals surface area (Å²) in [6.07, 6.45) is 6.98. The summed E-state index contributed by atoms with van der Waals surface area (Å²) >= 11 is 0. The molecule has 1 aromatic carbocycles. The van der Waals surface area contributed by atoms with Gasteiger partial charge >= 0.3 is 0 Å². The van der Waals surface area contributed by atoms with Gasteiger partial charge in [-0.3, -0.25) is 4.98 Å². The first kappa shape index (κ1) is 12.4. The lowest BCUT2D eigenvalue weighted by Gasteiger charge is -2.37. The maximum Gasteiger partial charge on any atom is 0.147 e. The fourth-order valence-electron chi connectivity index (χ4n) is 3.28. The van der Waals surface area contributed by atoms with Crippen LogP contribution >= 0.6 is 0 Å². The number of anilines is 1. The number of aromatic nitrogens is 1. The number of aliphatic imine (C=N–C) groups is 1. The number of hydrogen-bond acceptors (Lipinski definition) is 4. The van der Waals surface area contributed by atoms with Gasteiger partial charge in [-0.2, -0.15) is 0 Å². The maximum atomic E-state index is 5.58. The average Bonchev–Trinajstić information content (AvgIpc) is 2.53. The Kier molecular flexibility index (Phi) is 2.55. The van der Waals surface area contributed by atoms with Crippen molar-refractivity contribution in [2.24, 2.45) is 4.99 Å². The number of rotatable bonds is 2. The van der Waals surface area contributed by atoms with Crippen LogP contribution in [-0.2, 0) is 0 Å². The smallest absolute Gasteiger partial charge is 0.147 e. The average molecular weight is 279 g/mol. The van der Waals surface area contributed by atoms with Gasteiger partial charge in [0.2, 0.25) is 0 Å². The molecule has 4 rings (SSSR count). The summed E-state index contributed by atoms with van der Waals surface area (Å²) in [4.78, 5) is 11.7. The zero-order chi connectivity index (χ0) is 14.6. The van der Waals surface area contributed by atoms with Gasteiger partial charge in [-0.15, -0.1) is 0 Å². The van der Waals surface area contributed by atoms with E-state index in [9.17, 15) is 0 Å². The molecule has 0 N–H and O–H groups in total. The molecule has 21 heavy (non-hydrogen) atoms. The van der Waals surface area contributed by atoms with Crippen LogP contribution in [-0.4, -0.2) is 23.8 Å². The first-order valence-electron chi connectivity index (χ1n) is 7.28. The highest BCUT2D eigenvalue weighted by molar-refractivity contribution is 6.13. The monoisotopic (exact) mass is 279 g/mol. The summed E-state index contributed by atoms with van der Waals surface area (Å²) < 4.78 is 5.58. The van der Waals surface area contributed by atoms with E-state index in [2.05, 4.69) is 42.1 Å². The predicted molar refractivity (Wildman–Crippen MR) is 86.7 cm³/mol. The molecule has 0 spiro atoms. The van der Waals surface area contributed by atoms with E-state index in [1.54, 1.807) is 7.11 Å². The molecule has 2 aromatic rings. The summed E-state index contributed by atoms with van der Waals surface area (Å²) in [6, 6.07) is 4.36. The third kappa shape index (κ3) is 1.56. The summed E-state index contributed by atoms with van der Waals surface area (Å²) in [6.45, 7) is 4.34. The second-order valence-corrected chi connectivity index (χ2v) is 5.43. The van der Waals surface area contributed by atoms with Gasteiger partial charge in [-0.25, -0.2) is 4.99 Å². The number of benzene rings is 1. The molecular weight excluding hydrogens is 262 g/mol. The van der Waals surface area contributed by atoms with Gasteiger partial charge in [0.05, 0.1) is 24.5 Å². The molecule has 2 aliphatic heterocycles. The summed E-state index contributed by atoms with van der Waals surface area (Å²) in [5.41, 5.74) is 4.24. The van der Waals surface area contributed by atoms with Crippen LogP contribution in [0.2, 0.25) is 0 Å². The van der Waals surface area contributed by atoms with Crippen LogP contribution in [0.25, 0.3) is 16.8 Å². The first-order chi connectivity index (χ1) is 10.2. The lowest BCUT2D eigenvalue weighted by atomic mass is 9.97. The molecule has 0 amide bonds. The van der Waals surface area contributed by atoms with Crippen molar-refractivity contribution >= 4 is 33.9 Å². The van der Waals surface area contributed by atoms with Gasteiger partial charge in [0.15, 0.2) is 0 Å². The Balaban J connectivity index is 2.16. The van der Waals surface area contributed by atoms with E-state index in [1.807, 2.05) is 12.3 Å². The second kappa shape index (κ2) is 4.32. The van der Waals surface area contributed by atoms with Crippen molar-refractivity contribution in [3.8, 4) is 5.75 Å². The third-order valence-corrected chi connectivity index (χ3v) is 4.38. The Bertz CT molecular complexity index is 807. The van der Waals surface area contributed by atoms with Gasteiger partial charge in [0.1, 0.15) is 11.4 Å². The highest BCUT2D eigenvalue weighted by Gasteiger charge is 2.31. The van der Waals surface area contributed by atoms with Crippen molar-refractivity contribution < 1.29 is 4.74 Å². The topological polar surface area (TPSA) is 37.7 Å². The molecule has 4 nitrogen and oxygen atoms in total. The molecule has 3 heterocycles. The fourth-order valence-corrected chi connectivity index (χ4v) is 3.28. The Labute approximate surface area is 123 Å². The Morgan fingerprint density at radius 2 is 2.24 bits per heavy atom. The molecule has 0 aliphatic carbocycles. The Morgan fingerprint density at radius 3 is 3.00 bits per heavy atom. The predicted octanol–water partition coefficient (Wildman–Crippen LogP) is 3.92. The molecule has 1 aromatic heterocycles. The van der Waals surface area contributed by atoms with Crippen LogP contribution in [0.5, 0.6) is 5.75 Å². The van der Waals surface area contributed by atoms with Gasteiger partial charge in [0.25, 0.3) is 0 Å². The first-order valence-corrected chi connectivity index (χ1v) is 7.28. The van der Waals surface area contributed by atoms with Crippen LogP contribution < -0.4 is 9.64 Å². The normalized spacial score (nSPS) is 18.9. The summed E-state index contributed by atoms with van der Waals surface area (Å²) in [5.74, 6) is 0.827. The third-order valence-electron chi connectivity index (χ3n) is 4.38. The molecule has 2 aliphatic rings.